The van der Waals surface area contributed by atoms with Crippen LogP contribution in [0.3, 0.4) is 0 Å². The third-order valence-electron chi connectivity index (χ3n) is 5.98. The minimum absolute atomic E-state index is 0.153. The smallest absolute Gasteiger partial charge is 0.308 e. The molecule has 2 saturated heterocycles. The lowest BCUT2D eigenvalue weighted by atomic mass is 9.89. The molecule has 0 radical (unpaired) electrons. The molecule has 4 rings (SSSR count). The Hall–Kier alpha value is -2.18. The molecule has 2 aliphatic rings. The first-order chi connectivity index (χ1) is 13.1. The predicted molar refractivity (Wildman–Crippen MR) is 98.8 cm³/mol. The van der Waals surface area contributed by atoms with Crippen molar-refractivity contribution in [1.82, 2.24) is 9.80 Å². The van der Waals surface area contributed by atoms with Crippen molar-refractivity contribution < 1.29 is 18.7 Å². The SMILES string of the molecule is O=C(O)[C@@H]1CN(C2CCN(Cc3ccco3)CC2)C[C@H]1c1cccc(F)c1. The zero-order valence-corrected chi connectivity index (χ0v) is 15.3. The molecular formula is C21H25FN2O3. The monoisotopic (exact) mass is 372 g/mol. The normalized spacial score (nSPS) is 25.1. The van der Waals surface area contributed by atoms with E-state index in [9.17, 15) is 14.3 Å². The van der Waals surface area contributed by atoms with Gasteiger partial charge in [0.2, 0.25) is 0 Å². The minimum atomic E-state index is -0.790. The van der Waals surface area contributed by atoms with E-state index in [0.29, 0.717) is 19.1 Å². The Morgan fingerprint density at radius 2 is 2.00 bits per heavy atom. The molecule has 144 valence electrons. The van der Waals surface area contributed by atoms with Crippen LogP contribution in [0, 0.1) is 11.7 Å². The fourth-order valence-electron chi connectivity index (χ4n) is 4.52. The topological polar surface area (TPSA) is 56.9 Å². The van der Waals surface area contributed by atoms with E-state index in [-0.39, 0.29) is 11.7 Å². The zero-order chi connectivity index (χ0) is 18.8. The number of nitrogens with zero attached hydrogens (tertiary/aromatic N) is 2. The molecule has 1 aromatic heterocycles. The predicted octanol–water partition coefficient (Wildman–Crippen LogP) is 3.18. The number of rotatable bonds is 5. The van der Waals surface area contributed by atoms with Crippen molar-refractivity contribution in [2.24, 2.45) is 5.92 Å². The average molecular weight is 372 g/mol. The van der Waals surface area contributed by atoms with E-state index in [2.05, 4.69) is 9.80 Å². The minimum Gasteiger partial charge on any atom is -0.481 e. The highest BCUT2D eigenvalue weighted by Crippen LogP contribution is 2.36. The molecule has 2 aromatic rings. The van der Waals surface area contributed by atoms with Crippen molar-refractivity contribution in [3.63, 3.8) is 0 Å². The maximum Gasteiger partial charge on any atom is 0.308 e. The highest BCUT2D eigenvalue weighted by atomic mass is 19.1. The number of hydrogen-bond acceptors (Lipinski definition) is 4. The molecule has 0 saturated carbocycles. The lowest BCUT2D eigenvalue weighted by Crippen LogP contribution is -2.44. The Kier molecular flexibility index (Phi) is 5.27. The molecule has 2 aliphatic heterocycles. The van der Waals surface area contributed by atoms with Gasteiger partial charge in [-0.2, -0.15) is 0 Å². The molecule has 1 aromatic carbocycles. The van der Waals surface area contributed by atoms with E-state index in [0.717, 1.165) is 43.8 Å². The van der Waals surface area contributed by atoms with Crippen LogP contribution < -0.4 is 0 Å². The molecule has 0 unspecified atom stereocenters. The molecule has 2 fully saturated rings. The Morgan fingerprint density at radius 3 is 2.67 bits per heavy atom. The first-order valence-corrected chi connectivity index (χ1v) is 9.57. The van der Waals surface area contributed by atoms with Gasteiger partial charge in [0.25, 0.3) is 0 Å². The Bertz CT molecular complexity index is 771. The molecule has 1 N–H and O–H groups in total. The summed E-state index contributed by atoms with van der Waals surface area (Å²) < 4.78 is 19.1. The van der Waals surface area contributed by atoms with Gasteiger partial charge in [-0.25, -0.2) is 4.39 Å². The largest absolute Gasteiger partial charge is 0.481 e. The average Bonchev–Trinajstić information content (AvgIpc) is 3.32. The van der Waals surface area contributed by atoms with E-state index in [1.54, 1.807) is 12.3 Å². The van der Waals surface area contributed by atoms with E-state index in [4.69, 9.17) is 4.42 Å². The van der Waals surface area contributed by atoms with Crippen LogP contribution in [0.25, 0.3) is 0 Å². The summed E-state index contributed by atoms with van der Waals surface area (Å²) in [5.41, 5.74) is 0.792. The van der Waals surface area contributed by atoms with Crippen molar-refractivity contribution in [3.05, 3.63) is 59.8 Å². The van der Waals surface area contributed by atoms with Crippen LogP contribution in [0.15, 0.2) is 47.1 Å². The molecular weight excluding hydrogens is 347 g/mol. The summed E-state index contributed by atoms with van der Waals surface area (Å²) in [6, 6.07) is 10.7. The molecule has 6 heteroatoms. The first kappa shape index (κ1) is 18.2. The van der Waals surface area contributed by atoms with Gasteiger partial charge >= 0.3 is 5.97 Å². The van der Waals surface area contributed by atoms with Crippen LogP contribution >= 0.6 is 0 Å². The number of benzene rings is 1. The first-order valence-electron chi connectivity index (χ1n) is 9.57. The summed E-state index contributed by atoms with van der Waals surface area (Å²) in [5.74, 6) is -0.748. The van der Waals surface area contributed by atoms with Gasteiger partial charge in [-0.15, -0.1) is 0 Å². The standard InChI is InChI=1S/C21H25FN2O3/c22-16-4-1-3-15(11-16)19-13-24(14-20(19)21(25)26)17-6-8-23(9-7-17)12-18-5-2-10-27-18/h1-5,10-11,17,19-20H,6-9,12-14H2,(H,25,26)/t19-,20+/m0/s1. The second kappa shape index (κ2) is 7.82. The van der Waals surface area contributed by atoms with E-state index in [1.807, 2.05) is 18.2 Å². The Labute approximate surface area is 158 Å². The number of carboxylic acids is 1. The van der Waals surface area contributed by atoms with E-state index < -0.39 is 11.9 Å². The van der Waals surface area contributed by atoms with Gasteiger partial charge in [0.1, 0.15) is 11.6 Å². The Morgan fingerprint density at radius 1 is 1.19 bits per heavy atom. The molecule has 0 amide bonds. The van der Waals surface area contributed by atoms with E-state index >= 15 is 0 Å². The number of furan rings is 1. The van der Waals surface area contributed by atoms with Gasteiger partial charge in [0, 0.05) is 38.1 Å². The van der Waals surface area contributed by atoms with Gasteiger partial charge in [-0.3, -0.25) is 14.6 Å². The Balaban J connectivity index is 1.39. The van der Waals surface area contributed by atoms with Crippen molar-refractivity contribution in [3.8, 4) is 0 Å². The lowest BCUT2D eigenvalue weighted by molar-refractivity contribution is -0.141. The number of carboxylic acid groups (broad SMARTS) is 1. The maximum absolute atomic E-state index is 13.6. The van der Waals surface area contributed by atoms with Crippen molar-refractivity contribution >= 4 is 5.97 Å². The fourth-order valence-corrected chi connectivity index (χ4v) is 4.52. The number of halogens is 1. The molecule has 5 nitrogen and oxygen atoms in total. The third kappa shape index (κ3) is 4.06. The number of hydrogen-bond donors (Lipinski definition) is 1. The van der Waals surface area contributed by atoms with Gasteiger partial charge in [0.15, 0.2) is 0 Å². The van der Waals surface area contributed by atoms with Gasteiger partial charge in [0.05, 0.1) is 18.7 Å². The van der Waals surface area contributed by atoms with Crippen molar-refractivity contribution in [2.45, 2.75) is 31.3 Å². The van der Waals surface area contributed by atoms with Crippen molar-refractivity contribution in [2.75, 3.05) is 26.2 Å². The summed E-state index contributed by atoms with van der Waals surface area (Å²) in [4.78, 5) is 16.5. The summed E-state index contributed by atoms with van der Waals surface area (Å²) in [7, 11) is 0. The lowest BCUT2D eigenvalue weighted by Gasteiger charge is -2.36. The van der Waals surface area contributed by atoms with Crippen molar-refractivity contribution in [1.29, 1.82) is 0 Å². The molecule has 0 spiro atoms. The van der Waals surface area contributed by atoms with Crippen LogP contribution in [-0.4, -0.2) is 53.1 Å². The quantitative estimate of drug-likeness (QED) is 0.874. The van der Waals surface area contributed by atoms with E-state index in [1.165, 1.54) is 12.1 Å². The van der Waals surface area contributed by atoms with Crippen LogP contribution in [0.2, 0.25) is 0 Å². The van der Waals surface area contributed by atoms with Gasteiger partial charge in [-0.1, -0.05) is 12.1 Å². The molecule has 27 heavy (non-hydrogen) atoms. The second-order valence-electron chi connectivity index (χ2n) is 7.65. The van der Waals surface area contributed by atoms with Gasteiger partial charge < -0.3 is 9.52 Å². The highest BCUT2D eigenvalue weighted by molar-refractivity contribution is 5.72. The maximum atomic E-state index is 13.6. The van der Waals surface area contributed by atoms with Crippen LogP contribution in [0.4, 0.5) is 4.39 Å². The number of piperidine rings is 1. The fraction of sp³-hybridized carbons (Fsp3) is 0.476. The zero-order valence-electron chi connectivity index (χ0n) is 15.3. The summed E-state index contributed by atoms with van der Waals surface area (Å²) in [5, 5.41) is 9.68. The molecule has 0 aliphatic carbocycles. The molecule has 3 heterocycles. The van der Waals surface area contributed by atoms with Crippen LogP contribution in [-0.2, 0) is 11.3 Å². The van der Waals surface area contributed by atoms with Crippen LogP contribution in [0.5, 0.6) is 0 Å². The number of likely N-dealkylation sites (tertiary alicyclic amines) is 2. The van der Waals surface area contributed by atoms with Gasteiger partial charge in [-0.05, 0) is 42.7 Å². The highest BCUT2D eigenvalue weighted by Gasteiger charge is 2.41. The summed E-state index contributed by atoms with van der Waals surface area (Å²) >= 11 is 0. The summed E-state index contributed by atoms with van der Waals surface area (Å²) in [6.45, 7) is 4.00. The molecule has 0 bridgehead atoms. The van der Waals surface area contributed by atoms with Crippen LogP contribution in [0.1, 0.15) is 30.1 Å². The second-order valence-corrected chi connectivity index (χ2v) is 7.65. The number of aliphatic carboxylic acids is 1. The molecule has 2 atom stereocenters. The summed E-state index contributed by atoms with van der Waals surface area (Å²) in [6.07, 6.45) is 3.73. The number of carbonyl (C=O) groups is 1. The third-order valence-corrected chi connectivity index (χ3v) is 5.98.